The summed E-state index contributed by atoms with van der Waals surface area (Å²) >= 11 is 0. The normalized spacial score (nSPS) is 17.3. The minimum atomic E-state index is -0.546. The second-order valence-electron chi connectivity index (χ2n) is 5.28. The minimum Gasteiger partial charge on any atom is -0.493 e. The van der Waals surface area contributed by atoms with Gasteiger partial charge < -0.3 is 9.47 Å². The van der Waals surface area contributed by atoms with E-state index in [1.54, 1.807) is 0 Å². The molecular weight excluding hydrogens is 247 g/mol. The van der Waals surface area contributed by atoms with Crippen molar-refractivity contribution in [2.45, 2.75) is 32.6 Å². The van der Waals surface area contributed by atoms with Crippen molar-refractivity contribution in [3.8, 4) is 11.5 Å². The van der Waals surface area contributed by atoms with Crippen LogP contribution in [0.1, 0.15) is 43.0 Å². The van der Waals surface area contributed by atoms with Gasteiger partial charge in [0.2, 0.25) is 0 Å². The van der Waals surface area contributed by atoms with Gasteiger partial charge in [-0.3, -0.25) is 4.79 Å². The Labute approximate surface area is 112 Å². The Morgan fingerprint density at radius 3 is 2.21 bits per heavy atom. The standard InChI is InChI=1S/C15H19FO3/c1-15(6-4-5-7-15)14(17)10-8-12(18-2)13(19-3)9-11(10)16/h8-9H,4-7H2,1-3H3. The molecule has 0 N–H and O–H groups in total. The first kappa shape index (κ1) is 13.8. The lowest BCUT2D eigenvalue weighted by Gasteiger charge is -2.22. The molecule has 4 heteroatoms. The van der Waals surface area contributed by atoms with Crippen molar-refractivity contribution in [1.29, 1.82) is 0 Å². The number of hydrogen-bond donors (Lipinski definition) is 0. The number of ether oxygens (including phenoxy) is 2. The predicted molar refractivity (Wildman–Crippen MR) is 70.4 cm³/mol. The summed E-state index contributed by atoms with van der Waals surface area (Å²) in [4.78, 5) is 12.5. The Hall–Kier alpha value is -1.58. The highest BCUT2D eigenvalue weighted by Gasteiger charge is 2.38. The molecule has 0 aliphatic heterocycles. The largest absolute Gasteiger partial charge is 0.493 e. The molecule has 0 radical (unpaired) electrons. The highest BCUT2D eigenvalue weighted by molar-refractivity contribution is 6.01. The third-order valence-corrected chi connectivity index (χ3v) is 3.97. The summed E-state index contributed by atoms with van der Waals surface area (Å²) in [7, 11) is 2.92. The average Bonchev–Trinajstić information content (AvgIpc) is 2.85. The molecule has 0 spiro atoms. The molecule has 0 aromatic heterocycles. The lowest BCUT2D eigenvalue weighted by molar-refractivity contribution is 0.0818. The van der Waals surface area contributed by atoms with Gasteiger partial charge in [-0.15, -0.1) is 0 Å². The van der Waals surface area contributed by atoms with Gasteiger partial charge in [-0.2, -0.15) is 0 Å². The molecule has 2 rings (SSSR count). The van der Waals surface area contributed by atoms with Gasteiger partial charge in [0, 0.05) is 11.5 Å². The van der Waals surface area contributed by atoms with Crippen LogP contribution >= 0.6 is 0 Å². The maximum absolute atomic E-state index is 14.1. The third-order valence-electron chi connectivity index (χ3n) is 3.97. The molecule has 19 heavy (non-hydrogen) atoms. The van der Waals surface area contributed by atoms with Crippen molar-refractivity contribution in [3.63, 3.8) is 0 Å². The first-order valence-electron chi connectivity index (χ1n) is 6.48. The highest BCUT2D eigenvalue weighted by atomic mass is 19.1. The van der Waals surface area contributed by atoms with E-state index in [0.717, 1.165) is 25.7 Å². The fourth-order valence-corrected chi connectivity index (χ4v) is 2.74. The smallest absolute Gasteiger partial charge is 0.171 e. The Morgan fingerprint density at radius 2 is 1.68 bits per heavy atom. The maximum atomic E-state index is 14.1. The van der Waals surface area contributed by atoms with Crippen molar-refractivity contribution >= 4 is 5.78 Å². The van der Waals surface area contributed by atoms with Crippen molar-refractivity contribution in [1.82, 2.24) is 0 Å². The predicted octanol–water partition coefficient (Wildman–Crippen LogP) is 3.61. The molecule has 0 unspecified atom stereocenters. The zero-order valence-electron chi connectivity index (χ0n) is 11.6. The number of ketones is 1. The summed E-state index contributed by atoms with van der Waals surface area (Å²) in [5.74, 6) is 0.00111. The molecule has 104 valence electrons. The van der Waals surface area contributed by atoms with Crippen LogP contribution in [-0.4, -0.2) is 20.0 Å². The second-order valence-corrected chi connectivity index (χ2v) is 5.28. The Bertz CT molecular complexity index is 490. The molecule has 1 aromatic rings. The van der Waals surface area contributed by atoms with Crippen LogP contribution in [0.15, 0.2) is 12.1 Å². The maximum Gasteiger partial charge on any atom is 0.171 e. The summed E-state index contributed by atoms with van der Waals surface area (Å²) < 4.78 is 24.2. The van der Waals surface area contributed by atoms with Gasteiger partial charge in [-0.05, 0) is 18.9 Å². The van der Waals surface area contributed by atoms with Gasteiger partial charge in [-0.25, -0.2) is 4.39 Å². The van der Waals surface area contributed by atoms with Crippen LogP contribution in [0, 0.1) is 11.2 Å². The molecule has 0 saturated heterocycles. The zero-order chi connectivity index (χ0) is 14.0. The Morgan fingerprint density at radius 1 is 1.16 bits per heavy atom. The van der Waals surface area contributed by atoms with E-state index in [-0.39, 0.29) is 11.3 Å². The summed E-state index contributed by atoms with van der Waals surface area (Å²) in [6, 6.07) is 2.66. The molecule has 0 amide bonds. The van der Waals surface area contributed by atoms with Crippen molar-refractivity contribution in [2.75, 3.05) is 14.2 Å². The minimum absolute atomic E-state index is 0.0991. The molecule has 0 heterocycles. The van der Waals surface area contributed by atoms with Crippen LogP contribution in [0.25, 0.3) is 0 Å². The van der Waals surface area contributed by atoms with Crippen LogP contribution in [-0.2, 0) is 0 Å². The molecule has 3 nitrogen and oxygen atoms in total. The lowest BCUT2D eigenvalue weighted by atomic mass is 9.80. The lowest BCUT2D eigenvalue weighted by Crippen LogP contribution is -2.25. The van der Waals surface area contributed by atoms with Gasteiger partial charge in [0.25, 0.3) is 0 Å². The summed E-state index contributed by atoms with van der Waals surface area (Å²) in [6.07, 6.45) is 3.69. The van der Waals surface area contributed by atoms with Crippen molar-refractivity contribution < 1.29 is 18.7 Å². The van der Waals surface area contributed by atoms with E-state index in [1.807, 2.05) is 6.92 Å². The number of rotatable bonds is 4. The van der Waals surface area contributed by atoms with E-state index < -0.39 is 11.2 Å². The summed E-state index contributed by atoms with van der Waals surface area (Å²) in [5.41, 5.74) is -0.345. The van der Waals surface area contributed by atoms with Crippen LogP contribution < -0.4 is 9.47 Å². The molecule has 1 aromatic carbocycles. The van der Waals surface area contributed by atoms with E-state index in [0.29, 0.717) is 11.5 Å². The van der Waals surface area contributed by atoms with Gasteiger partial charge in [0.05, 0.1) is 19.8 Å². The van der Waals surface area contributed by atoms with Gasteiger partial charge in [0.1, 0.15) is 5.82 Å². The number of benzene rings is 1. The second kappa shape index (κ2) is 5.19. The number of hydrogen-bond acceptors (Lipinski definition) is 3. The molecule has 0 atom stereocenters. The molecule has 0 bridgehead atoms. The van der Waals surface area contributed by atoms with Crippen LogP contribution in [0.2, 0.25) is 0 Å². The number of carbonyl (C=O) groups is 1. The average molecular weight is 266 g/mol. The quantitative estimate of drug-likeness (QED) is 0.781. The third kappa shape index (κ3) is 2.44. The van der Waals surface area contributed by atoms with E-state index in [2.05, 4.69) is 0 Å². The summed E-state index contributed by atoms with van der Waals surface area (Å²) in [6.45, 7) is 1.92. The van der Waals surface area contributed by atoms with Crippen LogP contribution in [0.4, 0.5) is 4.39 Å². The van der Waals surface area contributed by atoms with Crippen LogP contribution in [0.5, 0.6) is 11.5 Å². The SMILES string of the molecule is COc1cc(F)c(C(=O)C2(C)CCCC2)cc1OC. The Kier molecular flexibility index (Phi) is 3.78. The monoisotopic (exact) mass is 266 g/mol. The van der Waals surface area contributed by atoms with E-state index in [1.165, 1.54) is 26.4 Å². The first-order valence-corrected chi connectivity index (χ1v) is 6.48. The summed E-state index contributed by atoms with van der Waals surface area (Å²) in [5, 5.41) is 0. The molecule has 1 saturated carbocycles. The first-order chi connectivity index (χ1) is 9.01. The van der Waals surface area contributed by atoms with E-state index in [4.69, 9.17) is 9.47 Å². The van der Waals surface area contributed by atoms with Crippen molar-refractivity contribution in [3.05, 3.63) is 23.5 Å². The molecule has 1 aliphatic carbocycles. The molecule has 1 aliphatic rings. The number of methoxy groups -OCH3 is 2. The molecular formula is C15H19FO3. The number of halogens is 1. The highest BCUT2D eigenvalue weighted by Crippen LogP contribution is 2.42. The number of carbonyl (C=O) groups excluding carboxylic acids is 1. The van der Waals surface area contributed by atoms with Gasteiger partial charge in [-0.1, -0.05) is 19.8 Å². The van der Waals surface area contributed by atoms with Gasteiger partial charge in [0.15, 0.2) is 17.3 Å². The fraction of sp³-hybridized carbons (Fsp3) is 0.533. The van der Waals surface area contributed by atoms with Crippen molar-refractivity contribution in [2.24, 2.45) is 5.41 Å². The Balaban J connectivity index is 2.42. The topological polar surface area (TPSA) is 35.5 Å². The van der Waals surface area contributed by atoms with Crippen LogP contribution in [0.3, 0.4) is 0 Å². The number of Topliss-reactive ketones (excluding diaryl/α,β-unsaturated/α-hetero) is 1. The van der Waals surface area contributed by atoms with E-state index >= 15 is 0 Å². The van der Waals surface area contributed by atoms with Gasteiger partial charge >= 0.3 is 0 Å². The molecule has 1 fully saturated rings. The fourth-order valence-electron chi connectivity index (χ4n) is 2.74. The zero-order valence-corrected chi connectivity index (χ0v) is 11.6. The van der Waals surface area contributed by atoms with E-state index in [9.17, 15) is 9.18 Å².